The minimum Gasteiger partial charge on any atom is -0.289 e. The van der Waals surface area contributed by atoms with Crippen LogP contribution in [0.25, 0.3) is 33.0 Å². The molecule has 0 atom stereocenters. The van der Waals surface area contributed by atoms with Crippen molar-refractivity contribution in [1.29, 1.82) is 0 Å². The molecule has 0 unspecified atom stereocenters. The summed E-state index contributed by atoms with van der Waals surface area (Å²) in [5.41, 5.74) is 21.8. The van der Waals surface area contributed by atoms with Crippen molar-refractivity contribution in [2.45, 2.75) is 40.0 Å². The van der Waals surface area contributed by atoms with Crippen molar-refractivity contribution in [3.8, 4) is 0 Å². The third-order valence-electron chi connectivity index (χ3n) is 5.29. The maximum atomic E-state index is 13.3. The van der Waals surface area contributed by atoms with Gasteiger partial charge in [0, 0.05) is 32.3 Å². The third-order valence-corrected chi connectivity index (χ3v) is 5.29. The van der Waals surface area contributed by atoms with E-state index in [2.05, 4.69) is 40.8 Å². The highest BCUT2D eigenvalue weighted by atomic mass is 16.1. The molecule has 7 nitrogen and oxygen atoms in total. The number of carbonyl (C=O) groups excluding carboxylic acids is 1. The van der Waals surface area contributed by atoms with Gasteiger partial charge in [-0.3, -0.25) is 4.79 Å². The molecule has 1 saturated carbocycles. The molecule has 1 aliphatic carbocycles. The summed E-state index contributed by atoms with van der Waals surface area (Å²) in [7, 11) is 0. The molecule has 0 aliphatic heterocycles. The van der Waals surface area contributed by atoms with Crippen molar-refractivity contribution in [1.82, 2.24) is 0 Å². The van der Waals surface area contributed by atoms with Crippen LogP contribution in [0.5, 0.6) is 0 Å². The van der Waals surface area contributed by atoms with E-state index in [1.54, 1.807) is 24.3 Å². The number of hydrogen-bond donors (Lipinski definition) is 0. The first kappa shape index (κ1) is 22.9. The summed E-state index contributed by atoms with van der Waals surface area (Å²) in [5, 5.41) is 7.19. The Bertz CT molecular complexity index is 1060. The lowest BCUT2D eigenvalue weighted by Crippen LogP contribution is -2.23. The van der Waals surface area contributed by atoms with E-state index in [4.69, 9.17) is 11.1 Å². The van der Waals surface area contributed by atoms with Crippen LogP contribution in [0.15, 0.2) is 69.9 Å². The Labute approximate surface area is 187 Å². The standard InChI is InChI=1S/C25H26N6O/c1-25(2,3)16-19-14-20(12-17-4-8-22(9-5-17)28-30-26)24(32)21(15-19)13-18-6-10-23(11-7-18)29-31-27/h4-13,19H,14-16H2,1-3H3. The van der Waals surface area contributed by atoms with Crippen molar-refractivity contribution in [2.24, 2.45) is 21.6 Å². The van der Waals surface area contributed by atoms with Gasteiger partial charge < -0.3 is 0 Å². The Morgan fingerprint density at radius 2 is 1.25 bits per heavy atom. The fraction of sp³-hybridized carbons (Fsp3) is 0.320. The van der Waals surface area contributed by atoms with Crippen LogP contribution in [-0.2, 0) is 4.79 Å². The maximum Gasteiger partial charge on any atom is 0.185 e. The topological polar surface area (TPSA) is 115 Å². The second-order valence-electron chi connectivity index (χ2n) is 9.27. The van der Waals surface area contributed by atoms with Gasteiger partial charge in [-0.1, -0.05) is 79.5 Å². The number of Topliss-reactive ketones (excluding diaryl/α,β-unsaturated/α-hetero) is 1. The molecule has 32 heavy (non-hydrogen) atoms. The first-order valence-corrected chi connectivity index (χ1v) is 10.5. The summed E-state index contributed by atoms with van der Waals surface area (Å²) in [6.07, 6.45) is 6.37. The molecule has 0 spiro atoms. The SMILES string of the molecule is CC(C)(C)CC1CC(=Cc2ccc(N=[N+]=[N-])cc2)C(=O)C(=Cc2ccc(N=[N+]=[N-])cc2)C1. The van der Waals surface area contributed by atoms with Gasteiger partial charge in [0.25, 0.3) is 0 Å². The van der Waals surface area contributed by atoms with E-state index in [9.17, 15) is 4.79 Å². The Morgan fingerprint density at radius 3 is 1.59 bits per heavy atom. The van der Waals surface area contributed by atoms with E-state index >= 15 is 0 Å². The predicted molar refractivity (Wildman–Crippen MR) is 128 cm³/mol. The first-order valence-electron chi connectivity index (χ1n) is 10.5. The first-order chi connectivity index (χ1) is 15.3. The largest absolute Gasteiger partial charge is 0.289 e. The Kier molecular flexibility index (Phi) is 7.16. The molecule has 0 radical (unpaired) electrons. The molecule has 2 aromatic rings. The normalized spacial score (nSPS) is 18.8. The van der Waals surface area contributed by atoms with Crippen LogP contribution >= 0.6 is 0 Å². The van der Waals surface area contributed by atoms with Crippen LogP contribution in [0.1, 0.15) is 51.2 Å². The Hall–Kier alpha value is -3.79. The van der Waals surface area contributed by atoms with E-state index < -0.39 is 0 Å². The highest BCUT2D eigenvalue weighted by Crippen LogP contribution is 2.39. The van der Waals surface area contributed by atoms with Gasteiger partial charge in [-0.25, -0.2) is 0 Å². The number of allylic oxidation sites excluding steroid dienone is 2. The molecule has 1 fully saturated rings. The number of nitrogens with zero attached hydrogens (tertiary/aromatic N) is 6. The number of rotatable bonds is 5. The van der Waals surface area contributed by atoms with E-state index in [-0.39, 0.29) is 11.2 Å². The van der Waals surface area contributed by atoms with Gasteiger partial charge in [-0.2, -0.15) is 0 Å². The maximum absolute atomic E-state index is 13.3. The highest BCUT2D eigenvalue weighted by Gasteiger charge is 2.30. The average molecular weight is 427 g/mol. The minimum atomic E-state index is 0.0633. The van der Waals surface area contributed by atoms with Gasteiger partial charge in [-0.05, 0) is 64.9 Å². The van der Waals surface area contributed by atoms with Crippen LogP contribution in [0.3, 0.4) is 0 Å². The summed E-state index contributed by atoms with van der Waals surface area (Å²) in [6, 6.07) is 14.4. The van der Waals surface area contributed by atoms with Crippen LogP contribution in [0.2, 0.25) is 0 Å². The van der Waals surface area contributed by atoms with Crippen molar-refractivity contribution < 1.29 is 4.79 Å². The van der Waals surface area contributed by atoms with Crippen molar-refractivity contribution >= 4 is 29.3 Å². The van der Waals surface area contributed by atoms with Gasteiger partial charge >= 0.3 is 0 Å². The van der Waals surface area contributed by atoms with Crippen molar-refractivity contribution in [3.05, 3.63) is 91.7 Å². The lowest BCUT2D eigenvalue weighted by molar-refractivity contribution is -0.113. The zero-order valence-electron chi connectivity index (χ0n) is 18.6. The minimum absolute atomic E-state index is 0.0633. The number of azide groups is 2. The van der Waals surface area contributed by atoms with Crippen LogP contribution in [0, 0.1) is 11.3 Å². The average Bonchev–Trinajstić information content (AvgIpc) is 2.73. The van der Waals surface area contributed by atoms with Crippen LogP contribution < -0.4 is 0 Å². The zero-order valence-corrected chi connectivity index (χ0v) is 18.6. The van der Waals surface area contributed by atoms with Crippen molar-refractivity contribution in [3.63, 3.8) is 0 Å². The molecule has 0 saturated heterocycles. The zero-order chi connectivity index (χ0) is 23.1. The van der Waals surface area contributed by atoms with Gasteiger partial charge in [0.1, 0.15) is 0 Å². The van der Waals surface area contributed by atoms with E-state index in [0.29, 0.717) is 17.3 Å². The molecular weight excluding hydrogens is 400 g/mol. The second-order valence-corrected chi connectivity index (χ2v) is 9.27. The van der Waals surface area contributed by atoms with E-state index in [0.717, 1.165) is 41.5 Å². The Morgan fingerprint density at radius 1 is 0.844 bits per heavy atom. The molecule has 162 valence electrons. The molecule has 0 amide bonds. The lowest BCUT2D eigenvalue weighted by Gasteiger charge is -2.31. The van der Waals surface area contributed by atoms with Gasteiger partial charge in [0.15, 0.2) is 5.78 Å². The van der Waals surface area contributed by atoms with E-state index in [1.165, 1.54) is 0 Å². The fourth-order valence-electron chi connectivity index (χ4n) is 4.13. The molecular formula is C25H26N6O. The number of carbonyl (C=O) groups is 1. The number of benzene rings is 2. The summed E-state index contributed by atoms with van der Waals surface area (Å²) < 4.78 is 0. The molecule has 7 heteroatoms. The molecule has 2 aromatic carbocycles. The van der Waals surface area contributed by atoms with Gasteiger partial charge in [-0.15, -0.1) is 0 Å². The summed E-state index contributed by atoms with van der Waals surface area (Å²) in [5.74, 6) is 0.434. The molecule has 1 aliphatic rings. The number of ketones is 1. The Balaban J connectivity index is 1.94. The monoisotopic (exact) mass is 426 g/mol. The third kappa shape index (κ3) is 6.35. The molecule has 0 heterocycles. The molecule has 0 N–H and O–H groups in total. The predicted octanol–water partition coefficient (Wildman–Crippen LogP) is 8.45. The fourth-order valence-corrected chi connectivity index (χ4v) is 4.13. The summed E-state index contributed by atoms with van der Waals surface area (Å²) in [4.78, 5) is 18.9. The van der Waals surface area contributed by atoms with Crippen LogP contribution in [-0.4, -0.2) is 5.78 Å². The number of hydrogen-bond acceptors (Lipinski definition) is 3. The van der Waals surface area contributed by atoms with E-state index in [1.807, 2.05) is 36.4 Å². The molecule has 3 rings (SSSR count). The molecule has 0 bridgehead atoms. The summed E-state index contributed by atoms with van der Waals surface area (Å²) in [6.45, 7) is 6.66. The van der Waals surface area contributed by atoms with Gasteiger partial charge in [0.05, 0.1) is 0 Å². The van der Waals surface area contributed by atoms with Crippen molar-refractivity contribution in [2.75, 3.05) is 0 Å². The summed E-state index contributed by atoms with van der Waals surface area (Å²) >= 11 is 0. The molecule has 0 aromatic heterocycles. The quantitative estimate of drug-likeness (QED) is 0.203. The smallest absolute Gasteiger partial charge is 0.185 e. The highest BCUT2D eigenvalue weighted by molar-refractivity contribution is 6.14. The van der Waals surface area contributed by atoms with Crippen LogP contribution in [0.4, 0.5) is 11.4 Å². The lowest BCUT2D eigenvalue weighted by atomic mass is 9.73. The second kappa shape index (κ2) is 10.0. The van der Waals surface area contributed by atoms with Gasteiger partial charge in [0.2, 0.25) is 0 Å².